The highest BCUT2D eigenvalue weighted by Crippen LogP contribution is 2.55. The van der Waals surface area contributed by atoms with Crippen LogP contribution in [0.3, 0.4) is 0 Å². The standard InChI is InChI=1S/C17H22FNO/c18-14-3-1-2-13(7-14)17(20)10-19-8-15-11-4-5-12(6-11)16(15)9-19/h1-3,7,11-12,15-17,20H,4-6,8-10H2/t11-,12+,15-,16+,17?. The minimum atomic E-state index is -0.567. The summed E-state index contributed by atoms with van der Waals surface area (Å²) in [4.78, 5) is 2.40. The summed E-state index contributed by atoms with van der Waals surface area (Å²) in [5, 5.41) is 10.3. The Morgan fingerprint density at radius 2 is 1.90 bits per heavy atom. The van der Waals surface area contributed by atoms with E-state index in [0.29, 0.717) is 12.1 Å². The Labute approximate surface area is 119 Å². The summed E-state index contributed by atoms with van der Waals surface area (Å²) < 4.78 is 13.2. The lowest BCUT2D eigenvalue weighted by Crippen LogP contribution is -2.28. The molecule has 2 aliphatic carbocycles. The van der Waals surface area contributed by atoms with E-state index in [2.05, 4.69) is 4.90 Å². The van der Waals surface area contributed by atoms with E-state index >= 15 is 0 Å². The largest absolute Gasteiger partial charge is 0.387 e. The van der Waals surface area contributed by atoms with Crippen LogP contribution in [0, 0.1) is 29.5 Å². The van der Waals surface area contributed by atoms with E-state index in [1.54, 1.807) is 6.07 Å². The maximum absolute atomic E-state index is 13.2. The Morgan fingerprint density at radius 3 is 2.55 bits per heavy atom. The number of β-amino-alcohol motifs (C(OH)–C–C–N with tert-alkyl or cyclic N) is 1. The molecule has 1 saturated heterocycles. The molecule has 2 saturated carbocycles. The van der Waals surface area contributed by atoms with Gasteiger partial charge in [0, 0.05) is 19.6 Å². The molecule has 1 unspecified atom stereocenters. The number of hydrogen-bond acceptors (Lipinski definition) is 2. The lowest BCUT2D eigenvalue weighted by atomic mass is 9.82. The zero-order valence-electron chi connectivity index (χ0n) is 11.7. The molecular weight excluding hydrogens is 253 g/mol. The van der Waals surface area contributed by atoms with Crippen molar-refractivity contribution in [2.24, 2.45) is 23.7 Å². The number of fused-ring (bicyclic) bond motifs is 5. The van der Waals surface area contributed by atoms with E-state index in [9.17, 15) is 9.50 Å². The zero-order chi connectivity index (χ0) is 13.7. The number of hydrogen-bond donors (Lipinski definition) is 1. The lowest BCUT2D eigenvalue weighted by Gasteiger charge is -2.22. The molecule has 5 atom stereocenters. The quantitative estimate of drug-likeness (QED) is 0.917. The topological polar surface area (TPSA) is 23.5 Å². The molecule has 2 bridgehead atoms. The molecule has 0 spiro atoms. The third kappa shape index (κ3) is 2.08. The second-order valence-electron chi connectivity index (χ2n) is 6.95. The van der Waals surface area contributed by atoms with Gasteiger partial charge >= 0.3 is 0 Å². The SMILES string of the molecule is OC(CN1C[C@@H]2[C@@H]3CC[C@@H](C3)[C@@H]2C1)c1cccc(F)c1. The van der Waals surface area contributed by atoms with Crippen molar-refractivity contribution >= 4 is 0 Å². The smallest absolute Gasteiger partial charge is 0.123 e. The van der Waals surface area contributed by atoms with Crippen molar-refractivity contribution in [1.82, 2.24) is 4.90 Å². The van der Waals surface area contributed by atoms with Crippen molar-refractivity contribution in [2.45, 2.75) is 25.4 Å². The maximum Gasteiger partial charge on any atom is 0.123 e. The highest BCUT2D eigenvalue weighted by Gasteiger charge is 2.51. The molecule has 0 aromatic heterocycles. The number of aliphatic hydroxyl groups excluding tert-OH is 1. The molecule has 4 rings (SSSR count). The van der Waals surface area contributed by atoms with Crippen LogP contribution in [0.4, 0.5) is 4.39 Å². The first-order valence-corrected chi connectivity index (χ1v) is 7.86. The van der Waals surface area contributed by atoms with E-state index in [-0.39, 0.29) is 5.82 Å². The van der Waals surface area contributed by atoms with Gasteiger partial charge in [-0.05, 0) is 60.6 Å². The minimum Gasteiger partial charge on any atom is -0.387 e. The molecule has 3 aliphatic rings. The van der Waals surface area contributed by atoms with Crippen molar-refractivity contribution < 1.29 is 9.50 Å². The first kappa shape index (κ1) is 12.8. The highest BCUT2D eigenvalue weighted by atomic mass is 19.1. The van der Waals surface area contributed by atoms with Crippen LogP contribution in [-0.4, -0.2) is 29.6 Å². The van der Waals surface area contributed by atoms with Gasteiger partial charge in [0.25, 0.3) is 0 Å². The van der Waals surface area contributed by atoms with Crippen LogP contribution in [0.25, 0.3) is 0 Å². The molecule has 3 fully saturated rings. The third-order valence-electron chi connectivity index (χ3n) is 5.88. The minimum absolute atomic E-state index is 0.266. The maximum atomic E-state index is 13.2. The average Bonchev–Trinajstić information content (AvgIpc) is 3.10. The van der Waals surface area contributed by atoms with Crippen LogP contribution < -0.4 is 0 Å². The number of benzene rings is 1. The molecule has 2 nitrogen and oxygen atoms in total. The predicted octanol–water partition coefficient (Wildman–Crippen LogP) is 2.84. The normalized spacial score (nSPS) is 37.3. The van der Waals surface area contributed by atoms with Crippen LogP contribution in [-0.2, 0) is 0 Å². The molecule has 3 heteroatoms. The van der Waals surface area contributed by atoms with E-state index in [1.807, 2.05) is 6.07 Å². The van der Waals surface area contributed by atoms with E-state index in [0.717, 1.165) is 36.8 Å². The van der Waals surface area contributed by atoms with Gasteiger partial charge in [0.2, 0.25) is 0 Å². The van der Waals surface area contributed by atoms with Gasteiger partial charge in [-0.25, -0.2) is 4.39 Å². The molecular formula is C17H22FNO. The van der Waals surface area contributed by atoms with Crippen molar-refractivity contribution in [3.05, 3.63) is 35.6 Å². The molecule has 0 radical (unpaired) electrons. The van der Waals surface area contributed by atoms with Gasteiger partial charge in [-0.1, -0.05) is 12.1 Å². The fourth-order valence-electron chi connectivity index (χ4n) is 4.98. The average molecular weight is 275 g/mol. The third-order valence-corrected chi connectivity index (χ3v) is 5.88. The Bertz CT molecular complexity index is 488. The fourth-order valence-corrected chi connectivity index (χ4v) is 4.98. The Kier molecular flexibility index (Phi) is 3.08. The lowest BCUT2D eigenvalue weighted by molar-refractivity contribution is 0.119. The Hall–Kier alpha value is -0.930. The molecule has 1 heterocycles. The summed E-state index contributed by atoms with van der Waals surface area (Å²) in [7, 11) is 0. The highest BCUT2D eigenvalue weighted by molar-refractivity contribution is 5.19. The number of nitrogens with zero attached hydrogens (tertiary/aromatic N) is 1. The second-order valence-corrected chi connectivity index (χ2v) is 6.95. The van der Waals surface area contributed by atoms with E-state index in [1.165, 1.54) is 31.4 Å². The summed E-state index contributed by atoms with van der Waals surface area (Å²) in [6.45, 7) is 2.92. The van der Waals surface area contributed by atoms with Crippen molar-refractivity contribution in [3.8, 4) is 0 Å². The fraction of sp³-hybridized carbons (Fsp3) is 0.647. The molecule has 108 valence electrons. The molecule has 1 N–H and O–H groups in total. The number of rotatable bonds is 3. The van der Waals surface area contributed by atoms with Crippen molar-refractivity contribution in [2.75, 3.05) is 19.6 Å². The summed E-state index contributed by atoms with van der Waals surface area (Å²) in [5.74, 6) is 3.36. The molecule has 0 amide bonds. The van der Waals surface area contributed by atoms with Crippen LogP contribution in [0.5, 0.6) is 0 Å². The van der Waals surface area contributed by atoms with Gasteiger partial charge in [0.05, 0.1) is 6.10 Å². The summed E-state index contributed by atoms with van der Waals surface area (Å²) in [5.41, 5.74) is 0.699. The summed E-state index contributed by atoms with van der Waals surface area (Å²) in [6, 6.07) is 6.36. The predicted molar refractivity (Wildman–Crippen MR) is 75.6 cm³/mol. The second kappa shape index (κ2) is 4.81. The van der Waals surface area contributed by atoms with Crippen LogP contribution >= 0.6 is 0 Å². The number of likely N-dealkylation sites (tertiary alicyclic amines) is 1. The Balaban J connectivity index is 1.41. The van der Waals surface area contributed by atoms with Crippen LogP contribution in [0.2, 0.25) is 0 Å². The first-order valence-electron chi connectivity index (χ1n) is 7.86. The van der Waals surface area contributed by atoms with Gasteiger partial charge in [-0.2, -0.15) is 0 Å². The summed E-state index contributed by atoms with van der Waals surface area (Å²) >= 11 is 0. The van der Waals surface area contributed by atoms with Gasteiger partial charge in [0.1, 0.15) is 5.82 Å². The molecule has 1 aliphatic heterocycles. The summed E-state index contributed by atoms with van der Waals surface area (Å²) in [6.07, 6.45) is 3.73. The Morgan fingerprint density at radius 1 is 1.20 bits per heavy atom. The number of aliphatic hydroxyl groups is 1. The van der Waals surface area contributed by atoms with Crippen LogP contribution in [0.15, 0.2) is 24.3 Å². The van der Waals surface area contributed by atoms with Crippen molar-refractivity contribution in [1.29, 1.82) is 0 Å². The monoisotopic (exact) mass is 275 g/mol. The van der Waals surface area contributed by atoms with Crippen LogP contribution in [0.1, 0.15) is 30.9 Å². The van der Waals surface area contributed by atoms with Crippen molar-refractivity contribution in [3.63, 3.8) is 0 Å². The van der Waals surface area contributed by atoms with Gasteiger partial charge in [0.15, 0.2) is 0 Å². The first-order chi connectivity index (χ1) is 9.70. The van der Waals surface area contributed by atoms with Gasteiger partial charge in [-0.3, -0.25) is 4.90 Å². The molecule has 1 aromatic rings. The van der Waals surface area contributed by atoms with Gasteiger partial charge in [-0.15, -0.1) is 0 Å². The zero-order valence-corrected chi connectivity index (χ0v) is 11.7. The molecule has 1 aromatic carbocycles. The molecule has 20 heavy (non-hydrogen) atoms. The van der Waals surface area contributed by atoms with E-state index < -0.39 is 6.10 Å². The number of halogens is 1. The van der Waals surface area contributed by atoms with Gasteiger partial charge < -0.3 is 5.11 Å². The van der Waals surface area contributed by atoms with E-state index in [4.69, 9.17) is 0 Å².